The molecular formula is C28H32F2Hf-2. The molecule has 2 aliphatic carbocycles. The molecule has 0 aliphatic heterocycles. The summed E-state index contributed by atoms with van der Waals surface area (Å²) in [4.78, 5) is 0. The van der Waals surface area contributed by atoms with Crippen LogP contribution in [-0.2, 0) is 38.7 Å². The van der Waals surface area contributed by atoms with Crippen LogP contribution in [0.4, 0.5) is 9.41 Å². The predicted octanol–water partition coefficient (Wildman–Crippen LogP) is 7.70. The zero-order chi connectivity index (χ0) is 19.3. The topological polar surface area (TPSA) is 0 Å². The van der Waals surface area contributed by atoms with Crippen LogP contribution in [0.2, 0.25) is 0 Å². The van der Waals surface area contributed by atoms with Crippen LogP contribution in [0.15, 0.2) is 96.1 Å². The summed E-state index contributed by atoms with van der Waals surface area (Å²) >= 11 is 0. The summed E-state index contributed by atoms with van der Waals surface area (Å²) in [6, 6.07) is 21.4. The summed E-state index contributed by atoms with van der Waals surface area (Å²) in [6.07, 6.45) is 24.7. The largest absolute Gasteiger partial charge is 0.269 e. The Morgan fingerprint density at radius 1 is 0.548 bits per heavy atom. The van der Waals surface area contributed by atoms with E-state index in [0.29, 0.717) is 0 Å². The van der Waals surface area contributed by atoms with Gasteiger partial charge in [-0.15, -0.1) is 12.8 Å². The van der Waals surface area contributed by atoms with Crippen molar-refractivity contribution in [2.75, 3.05) is 0 Å². The first-order chi connectivity index (χ1) is 13.9. The SMILES string of the molecule is F.F.[C-]1=C(CCCc2ccccc2)C=CC1.[C-]1=C(CCCc2ccccc2)C=CC1.[Hf]. The second-order valence-corrected chi connectivity index (χ2v) is 7.30. The van der Waals surface area contributed by atoms with Gasteiger partial charge in [-0.05, 0) is 36.8 Å². The van der Waals surface area contributed by atoms with E-state index in [2.05, 4.69) is 97.1 Å². The van der Waals surface area contributed by atoms with Crippen molar-refractivity contribution in [3.8, 4) is 0 Å². The molecule has 164 valence electrons. The second kappa shape index (κ2) is 17.8. The van der Waals surface area contributed by atoms with Crippen molar-refractivity contribution in [2.24, 2.45) is 0 Å². The predicted molar refractivity (Wildman–Crippen MR) is 125 cm³/mol. The van der Waals surface area contributed by atoms with Gasteiger partial charge in [0, 0.05) is 25.8 Å². The summed E-state index contributed by atoms with van der Waals surface area (Å²) < 4.78 is 0. The fourth-order valence-corrected chi connectivity index (χ4v) is 3.50. The van der Waals surface area contributed by atoms with Gasteiger partial charge in [-0.25, -0.2) is 23.3 Å². The molecule has 0 saturated heterocycles. The van der Waals surface area contributed by atoms with Crippen molar-refractivity contribution >= 4 is 0 Å². The van der Waals surface area contributed by atoms with Crippen LogP contribution in [0.5, 0.6) is 0 Å². The summed E-state index contributed by atoms with van der Waals surface area (Å²) in [7, 11) is 0. The zero-order valence-electron chi connectivity index (χ0n) is 18.1. The van der Waals surface area contributed by atoms with Crippen LogP contribution >= 0.6 is 0 Å². The molecule has 0 aromatic heterocycles. The van der Waals surface area contributed by atoms with Gasteiger partial charge in [0.05, 0.1) is 0 Å². The van der Waals surface area contributed by atoms with Gasteiger partial charge in [0.25, 0.3) is 0 Å². The first kappa shape index (κ1) is 29.1. The first-order valence-corrected chi connectivity index (χ1v) is 10.5. The number of hydrogen-bond donors (Lipinski definition) is 0. The average molecular weight is 585 g/mol. The van der Waals surface area contributed by atoms with Gasteiger partial charge >= 0.3 is 0 Å². The van der Waals surface area contributed by atoms with Crippen LogP contribution in [0.25, 0.3) is 0 Å². The van der Waals surface area contributed by atoms with Gasteiger partial charge in [-0.1, -0.05) is 73.5 Å². The molecule has 0 saturated carbocycles. The van der Waals surface area contributed by atoms with E-state index in [1.54, 1.807) is 0 Å². The summed E-state index contributed by atoms with van der Waals surface area (Å²) in [5.74, 6) is 0. The van der Waals surface area contributed by atoms with Crippen LogP contribution < -0.4 is 0 Å². The Morgan fingerprint density at radius 2 is 0.935 bits per heavy atom. The van der Waals surface area contributed by atoms with Gasteiger partial charge in [0.1, 0.15) is 0 Å². The number of halogens is 2. The van der Waals surface area contributed by atoms with Gasteiger partial charge in [0.15, 0.2) is 0 Å². The molecule has 0 N–H and O–H groups in total. The molecule has 0 radical (unpaired) electrons. The summed E-state index contributed by atoms with van der Waals surface area (Å²) in [5, 5.41) is 0. The molecule has 31 heavy (non-hydrogen) atoms. The Labute approximate surface area is 205 Å². The molecule has 0 heterocycles. The molecule has 0 bridgehead atoms. The van der Waals surface area contributed by atoms with Crippen molar-refractivity contribution in [2.45, 2.75) is 51.4 Å². The Kier molecular flexibility index (Phi) is 16.7. The van der Waals surface area contributed by atoms with E-state index in [1.165, 1.54) is 60.8 Å². The van der Waals surface area contributed by atoms with Gasteiger partial charge in [-0.3, -0.25) is 21.6 Å². The molecule has 2 aromatic rings. The van der Waals surface area contributed by atoms with Crippen molar-refractivity contribution in [3.05, 3.63) is 119 Å². The Bertz CT molecular complexity index is 749. The third kappa shape index (κ3) is 11.9. The third-order valence-electron chi connectivity index (χ3n) is 5.04. The molecule has 2 aromatic carbocycles. The molecule has 0 unspecified atom stereocenters. The smallest absolute Gasteiger partial charge is 0 e. The Hall–Kier alpha value is -1.87. The van der Waals surface area contributed by atoms with E-state index in [0.717, 1.165) is 12.8 Å². The van der Waals surface area contributed by atoms with E-state index in [-0.39, 0.29) is 35.3 Å². The van der Waals surface area contributed by atoms with Crippen LogP contribution in [0.3, 0.4) is 0 Å². The molecular weight excluding hydrogens is 553 g/mol. The quantitative estimate of drug-likeness (QED) is 0.220. The van der Waals surface area contributed by atoms with Crippen molar-refractivity contribution in [1.82, 2.24) is 0 Å². The van der Waals surface area contributed by atoms with E-state index < -0.39 is 0 Å². The molecule has 3 heteroatoms. The van der Waals surface area contributed by atoms with E-state index in [9.17, 15) is 0 Å². The van der Waals surface area contributed by atoms with E-state index in [4.69, 9.17) is 0 Å². The molecule has 0 atom stereocenters. The Morgan fingerprint density at radius 3 is 1.26 bits per heavy atom. The number of aryl methyl sites for hydroxylation is 2. The number of allylic oxidation sites excluding steroid dienone is 8. The maximum atomic E-state index is 3.35. The minimum Gasteiger partial charge on any atom is -0.269 e. The maximum Gasteiger partial charge on any atom is 0 e. The van der Waals surface area contributed by atoms with Gasteiger partial charge in [-0.2, -0.15) is 12.2 Å². The minimum absolute atomic E-state index is 0. The third-order valence-corrected chi connectivity index (χ3v) is 5.04. The fourth-order valence-electron chi connectivity index (χ4n) is 3.50. The molecule has 2 aliphatic rings. The van der Waals surface area contributed by atoms with E-state index in [1.807, 2.05) is 0 Å². The van der Waals surface area contributed by atoms with Crippen molar-refractivity contribution < 1.29 is 35.3 Å². The van der Waals surface area contributed by atoms with Gasteiger partial charge in [0.2, 0.25) is 0 Å². The standard InChI is InChI=1S/2C14H15.2FH.Hf/c2*1-2-7-13(8-3-1)11-6-12-14-9-4-5-10-14;;;/h2*1-4,7-9H,5-6,11-12H2;2*1H;/q2*-1;;;. The molecule has 0 spiro atoms. The average Bonchev–Trinajstić information content (AvgIpc) is 3.45. The minimum atomic E-state index is 0. The summed E-state index contributed by atoms with van der Waals surface area (Å²) in [5.41, 5.74) is 5.66. The Balaban J connectivity index is 0.000000529. The number of benzene rings is 2. The fraction of sp³-hybridized carbons (Fsp3) is 0.286. The molecule has 0 fully saturated rings. The second-order valence-electron chi connectivity index (χ2n) is 7.30. The molecule has 4 rings (SSSR count). The first-order valence-electron chi connectivity index (χ1n) is 10.5. The number of rotatable bonds is 8. The van der Waals surface area contributed by atoms with E-state index >= 15 is 0 Å². The number of hydrogen-bond acceptors (Lipinski definition) is 0. The van der Waals surface area contributed by atoms with Crippen LogP contribution in [0, 0.1) is 12.2 Å². The van der Waals surface area contributed by atoms with Crippen LogP contribution in [-0.4, -0.2) is 0 Å². The summed E-state index contributed by atoms with van der Waals surface area (Å²) in [6.45, 7) is 0. The molecule has 0 nitrogen and oxygen atoms in total. The monoisotopic (exact) mass is 586 g/mol. The van der Waals surface area contributed by atoms with Crippen molar-refractivity contribution in [3.63, 3.8) is 0 Å². The van der Waals surface area contributed by atoms with Crippen molar-refractivity contribution in [1.29, 1.82) is 0 Å². The zero-order valence-corrected chi connectivity index (χ0v) is 21.6. The van der Waals surface area contributed by atoms with Crippen LogP contribution in [0.1, 0.15) is 49.7 Å². The maximum absolute atomic E-state index is 3.35. The normalized spacial score (nSPS) is 13.0. The molecule has 0 amide bonds. The van der Waals surface area contributed by atoms with Gasteiger partial charge < -0.3 is 0 Å².